The van der Waals surface area contributed by atoms with Crippen LogP contribution in [0.5, 0.6) is 11.5 Å². The van der Waals surface area contributed by atoms with Gasteiger partial charge in [0.1, 0.15) is 23.9 Å². The highest BCUT2D eigenvalue weighted by atomic mass is 19.1. The monoisotopic (exact) mass is 516 g/mol. The number of hydrogen-bond donors (Lipinski definition) is 1. The smallest absolute Gasteiger partial charge is 0.304 e. The van der Waals surface area contributed by atoms with Gasteiger partial charge in [-0.1, -0.05) is 51.5 Å². The van der Waals surface area contributed by atoms with Gasteiger partial charge in [-0.2, -0.15) is 0 Å². The highest BCUT2D eigenvalue weighted by molar-refractivity contribution is 5.71. The molecule has 5 heteroatoms. The van der Waals surface area contributed by atoms with E-state index in [0.29, 0.717) is 23.8 Å². The quantitative estimate of drug-likeness (QED) is 0.329. The molecule has 3 aromatic carbocycles. The van der Waals surface area contributed by atoms with Crippen molar-refractivity contribution in [1.82, 2.24) is 0 Å². The van der Waals surface area contributed by atoms with Gasteiger partial charge in [0.15, 0.2) is 0 Å². The van der Waals surface area contributed by atoms with Gasteiger partial charge < -0.3 is 14.6 Å². The van der Waals surface area contributed by atoms with E-state index in [1.165, 1.54) is 11.6 Å². The zero-order valence-corrected chi connectivity index (χ0v) is 22.8. The summed E-state index contributed by atoms with van der Waals surface area (Å²) >= 11 is 0. The Hall–Kier alpha value is -3.34. The average Bonchev–Trinajstić information content (AvgIpc) is 3.40. The normalized spacial score (nSPS) is 21.8. The summed E-state index contributed by atoms with van der Waals surface area (Å²) in [6.07, 6.45) is 5.21. The molecule has 5 rings (SSSR count). The summed E-state index contributed by atoms with van der Waals surface area (Å²) < 4.78 is 26.7. The van der Waals surface area contributed by atoms with Gasteiger partial charge in [-0.15, -0.1) is 0 Å². The van der Waals surface area contributed by atoms with Gasteiger partial charge in [0.2, 0.25) is 0 Å². The molecule has 0 saturated heterocycles. The molecule has 0 amide bonds. The van der Waals surface area contributed by atoms with Crippen LogP contribution >= 0.6 is 0 Å². The first kappa shape index (κ1) is 26.3. The molecular formula is C33H37FO4. The molecule has 1 unspecified atom stereocenters. The van der Waals surface area contributed by atoms with Crippen molar-refractivity contribution in [3.8, 4) is 22.6 Å². The lowest BCUT2D eigenvalue weighted by atomic mass is 9.75. The van der Waals surface area contributed by atoms with Crippen LogP contribution in [0.1, 0.15) is 81.0 Å². The third kappa shape index (κ3) is 5.03. The maximum absolute atomic E-state index is 15.1. The molecule has 4 nitrogen and oxygen atoms in total. The highest BCUT2D eigenvalue weighted by Gasteiger charge is 2.38. The van der Waals surface area contributed by atoms with Gasteiger partial charge in [0.25, 0.3) is 0 Å². The molecule has 2 aliphatic rings. The standard InChI is InChI=1S/C33H37FO4/c1-32(2)14-5-6-28(32)26-16-21(7-11-25(26)27-17-23(37-4)10-12-30(27)34)20-38-24-9-8-22-13-15-33(3,19-31(35)36)29(22)18-24/h7-12,16-18,28H,5-6,13-15,19-20H2,1-4H3,(H,35,36)/t28-,33?/m0/s1. The first-order valence-corrected chi connectivity index (χ1v) is 13.5. The average molecular weight is 517 g/mol. The number of aliphatic carboxylic acids is 1. The first-order chi connectivity index (χ1) is 18.1. The van der Waals surface area contributed by atoms with E-state index in [1.807, 2.05) is 31.2 Å². The molecule has 0 aliphatic heterocycles. The van der Waals surface area contributed by atoms with Crippen LogP contribution in [0, 0.1) is 11.2 Å². The Labute approximate surface area is 224 Å². The molecule has 2 atom stereocenters. The molecule has 1 N–H and O–H groups in total. The molecule has 38 heavy (non-hydrogen) atoms. The zero-order valence-electron chi connectivity index (χ0n) is 22.8. The summed E-state index contributed by atoms with van der Waals surface area (Å²) in [4.78, 5) is 11.5. The summed E-state index contributed by atoms with van der Waals surface area (Å²) in [5.74, 6) is 0.667. The van der Waals surface area contributed by atoms with E-state index in [9.17, 15) is 9.90 Å². The number of ether oxygens (including phenoxy) is 2. The topological polar surface area (TPSA) is 55.8 Å². The second-order valence-corrected chi connectivity index (χ2v) is 11.9. The van der Waals surface area contributed by atoms with Crippen molar-refractivity contribution in [3.63, 3.8) is 0 Å². The van der Waals surface area contributed by atoms with Crippen LogP contribution < -0.4 is 9.47 Å². The molecule has 1 fully saturated rings. The minimum atomic E-state index is -0.776. The van der Waals surface area contributed by atoms with Crippen molar-refractivity contribution < 1.29 is 23.8 Å². The van der Waals surface area contributed by atoms with Gasteiger partial charge in [-0.3, -0.25) is 4.79 Å². The van der Waals surface area contributed by atoms with E-state index in [4.69, 9.17) is 9.47 Å². The lowest BCUT2D eigenvalue weighted by Gasteiger charge is -2.30. The Balaban J connectivity index is 1.46. The number of aryl methyl sites for hydroxylation is 1. The van der Waals surface area contributed by atoms with Crippen molar-refractivity contribution in [2.75, 3.05) is 7.11 Å². The van der Waals surface area contributed by atoms with Crippen LogP contribution in [-0.4, -0.2) is 18.2 Å². The Morgan fingerprint density at radius 1 is 1.00 bits per heavy atom. The second-order valence-electron chi connectivity index (χ2n) is 11.9. The van der Waals surface area contributed by atoms with Crippen molar-refractivity contribution in [3.05, 3.63) is 82.7 Å². The number of carbonyl (C=O) groups is 1. The lowest BCUT2D eigenvalue weighted by molar-refractivity contribution is -0.138. The Morgan fingerprint density at radius 3 is 2.50 bits per heavy atom. The fraction of sp³-hybridized carbons (Fsp3) is 0.424. The number of rotatable bonds is 8. The van der Waals surface area contributed by atoms with Crippen LogP contribution in [0.4, 0.5) is 4.39 Å². The molecule has 2 aliphatic carbocycles. The lowest BCUT2D eigenvalue weighted by Crippen LogP contribution is -2.22. The fourth-order valence-electron chi connectivity index (χ4n) is 6.63. The van der Waals surface area contributed by atoms with Crippen molar-refractivity contribution in [1.29, 1.82) is 0 Å². The zero-order chi connectivity index (χ0) is 27.1. The maximum Gasteiger partial charge on any atom is 0.304 e. The third-order valence-corrected chi connectivity index (χ3v) is 8.84. The molecule has 0 heterocycles. The summed E-state index contributed by atoms with van der Waals surface area (Å²) in [7, 11) is 1.60. The summed E-state index contributed by atoms with van der Waals surface area (Å²) in [5, 5.41) is 9.43. The van der Waals surface area contributed by atoms with E-state index >= 15 is 4.39 Å². The van der Waals surface area contributed by atoms with E-state index in [-0.39, 0.29) is 23.1 Å². The minimum Gasteiger partial charge on any atom is -0.497 e. The maximum atomic E-state index is 15.1. The number of fused-ring (bicyclic) bond motifs is 1. The van der Waals surface area contributed by atoms with E-state index < -0.39 is 5.97 Å². The van der Waals surface area contributed by atoms with Crippen LogP contribution in [0.15, 0.2) is 54.6 Å². The van der Waals surface area contributed by atoms with Crippen LogP contribution in [-0.2, 0) is 23.2 Å². The number of carboxylic acid groups (broad SMARTS) is 1. The molecule has 3 aromatic rings. The molecule has 1 saturated carbocycles. The summed E-state index contributed by atoms with van der Waals surface area (Å²) in [5.41, 5.74) is 5.69. The van der Waals surface area contributed by atoms with Gasteiger partial charge in [0, 0.05) is 11.0 Å². The number of halogens is 1. The van der Waals surface area contributed by atoms with Gasteiger partial charge >= 0.3 is 5.97 Å². The van der Waals surface area contributed by atoms with Crippen LogP contribution in [0.3, 0.4) is 0 Å². The highest BCUT2D eigenvalue weighted by Crippen LogP contribution is 2.51. The van der Waals surface area contributed by atoms with E-state index in [2.05, 4.69) is 26.0 Å². The van der Waals surface area contributed by atoms with Gasteiger partial charge in [0.05, 0.1) is 13.5 Å². The van der Waals surface area contributed by atoms with Crippen molar-refractivity contribution in [2.24, 2.45) is 5.41 Å². The van der Waals surface area contributed by atoms with Crippen LogP contribution in [0.25, 0.3) is 11.1 Å². The predicted octanol–water partition coefficient (Wildman–Crippen LogP) is 8.05. The Kier molecular flexibility index (Phi) is 6.97. The third-order valence-electron chi connectivity index (χ3n) is 8.84. The Bertz CT molecular complexity index is 1360. The minimum absolute atomic E-state index is 0.117. The van der Waals surface area contributed by atoms with Crippen LogP contribution in [0.2, 0.25) is 0 Å². The van der Waals surface area contributed by atoms with Gasteiger partial charge in [-0.25, -0.2) is 4.39 Å². The van der Waals surface area contributed by atoms with Gasteiger partial charge in [-0.05, 0) is 95.2 Å². The molecule has 0 radical (unpaired) electrons. The number of hydrogen-bond acceptors (Lipinski definition) is 3. The van der Waals surface area contributed by atoms with E-state index in [1.54, 1.807) is 19.2 Å². The first-order valence-electron chi connectivity index (χ1n) is 13.5. The number of benzene rings is 3. The SMILES string of the molecule is COc1ccc(F)c(-c2ccc(COc3ccc4c(c3)C(C)(CC(=O)O)CC4)cc2[C@@H]2CCCC2(C)C)c1. The largest absolute Gasteiger partial charge is 0.497 e. The van der Waals surface area contributed by atoms with Crippen molar-refractivity contribution >= 4 is 5.97 Å². The predicted molar refractivity (Wildman–Crippen MR) is 147 cm³/mol. The molecular weight excluding hydrogens is 479 g/mol. The number of methoxy groups -OCH3 is 1. The number of carboxylic acids is 1. The fourth-order valence-corrected chi connectivity index (χ4v) is 6.63. The van der Waals surface area contributed by atoms with E-state index in [0.717, 1.165) is 60.1 Å². The summed E-state index contributed by atoms with van der Waals surface area (Å²) in [6.45, 7) is 7.02. The second kappa shape index (κ2) is 10.1. The molecule has 0 aromatic heterocycles. The molecule has 200 valence electrons. The van der Waals surface area contributed by atoms with Crippen molar-refractivity contribution in [2.45, 2.75) is 77.2 Å². The molecule has 0 bridgehead atoms. The Morgan fingerprint density at radius 2 is 1.79 bits per heavy atom. The summed E-state index contributed by atoms with van der Waals surface area (Å²) in [6, 6.07) is 17.2. The molecule has 0 spiro atoms.